The van der Waals surface area contributed by atoms with Gasteiger partial charge in [-0.1, -0.05) is 33.8 Å². The molecule has 1 aliphatic rings. The molecule has 2 nitrogen and oxygen atoms in total. The first-order valence-electron chi connectivity index (χ1n) is 6.81. The molecule has 1 aromatic carbocycles. The second-order valence-corrected chi connectivity index (χ2v) is 3.83. The van der Waals surface area contributed by atoms with Crippen LogP contribution in [0.1, 0.15) is 38.8 Å². The monoisotopic (exact) mass is 236 g/mol. The summed E-state index contributed by atoms with van der Waals surface area (Å²) in [5.74, 6) is 0. The zero-order valence-electron chi connectivity index (χ0n) is 12.1. The molecule has 0 saturated carbocycles. The van der Waals surface area contributed by atoms with Crippen LogP contribution < -0.4 is 5.73 Å². The first kappa shape index (κ1) is 16.0. The summed E-state index contributed by atoms with van der Waals surface area (Å²) in [4.78, 5) is 2.37. The molecule has 1 aliphatic heterocycles. The summed E-state index contributed by atoms with van der Waals surface area (Å²) in [7, 11) is 2.18. The van der Waals surface area contributed by atoms with Crippen LogP contribution in [0.4, 0.5) is 5.69 Å². The fourth-order valence-electron chi connectivity index (χ4n) is 1.86. The van der Waals surface area contributed by atoms with Crippen LogP contribution in [0.25, 0.3) is 0 Å². The summed E-state index contributed by atoms with van der Waals surface area (Å²) in [6.45, 7) is 10.3. The van der Waals surface area contributed by atoms with E-state index in [4.69, 9.17) is 5.73 Å². The predicted molar refractivity (Wildman–Crippen MR) is 78.5 cm³/mol. The largest absolute Gasteiger partial charge is 0.399 e. The quantitative estimate of drug-likeness (QED) is 0.700. The third-order valence-corrected chi connectivity index (χ3v) is 2.76. The number of rotatable bonds is 0. The van der Waals surface area contributed by atoms with Gasteiger partial charge < -0.3 is 10.6 Å². The molecule has 0 radical (unpaired) electrons. The van der Waals surface area contributed by atoms with Crippen LogP contribution in [0.2, 0.25) is 0 Å². The highest BCUT2D eigenvalue weighted by Crippen LogP contribution is 2.17. The molecule has 0 spiro atoms. The Morgan fingerprint density at radius 3 is 2.06 bits per heavy atom. The van der Waals surface area contributed by atoms with E-state index in [1.165, 1.54) is 11.1 Å². The van der Waals surface area contributed by atoms with Gasteiger partial charge in [-0.3, -0.25) is 0 Å². The fraction of sp³-hybridized carbons (Fsp3) is 0.600. The average Bonchev–Trinajstić information content (AvgIpc) is 2.57. The molecule has 0 amide bonds. The van der Waals surface area contributed by atoms with Crippen molar-refractivity contribution in [2.75, 3.05) is 25.9 Å². The number of anilines is 1. The van der Waals surface area contributed by atoms with Gasteiger partial charge in [-0.05, 0) is 43.1 Å². The lowest BCUT2D eigenvalue weighted by molar-refractivity contribution is 0.352. The smallest absolute Gasteiger partial charge is 0.0316 e. The summed E-state index contributed by atoms with van der Waals surface area (Å²) in [6, 6.07) is 6.29. The summed E-state index contributed by atoms with van der Waals surface area (Å²) >= 11 is 0. The lowest BCUT2D eigenvalue weighted by atomic mass is 10.0. The van der Waals surface area contributed by atoms with Gasteiger partial charge in [0.1, 0.15) is 0 Å². The molecule has 0 saturated heterocycles. The van der Waals surface area contributed by atoms with Gasteiger partial charge in [0, 0.05) is 18.8 Å². The van der Waals surface area contributed by atoms with E-state index in [1.807, 2.05) is 33.8 Å². The number of nitrogens with zero attached hydrogens (tertiary/aromatic N) is 1. The van der Waals surface area contributed by atoms with Crippen molar-refractivity contribution in [1.29, 1.82) is 0 Å². The molecule has 0 bridgehead atoms. The molecule has 0 fully saturated rings. The van der Waals surface area contributed by atoms with Gasteiger partial charge in [-0.25, -0.2) is 0 Å². The van der Waals surface area contributed by atoms with Gasteiger partial charge in [0.2, 0.25) is 0 Å². The Bertz CT molecular complexity index is 308. The molecule has 0 unspecified atom stereocenters. The summed E-state index contributed by atoms with van der Waals surface area (Å²) in [5, 5.41) is 0. The first-order valence-corrected chi connectivity index (χ1v) is 6.81. The second kappa shape index (κ2) is 9.06. The van der Waals surface area contributed by atoms with Crippen molar-refractivity contribution in [2.45, 2.75) is 40.5 Å². The van der Waals surface area contributed by atoms with Gasteiger partial charge >= 0.3 is 0 Å². The summed E-state index contributed by atoms with van der Waals surface area (Å²) < 4.78 is 0. The van der Waals surface area contributed by atoms with Crippen LogP contribution in [-0.2, 0) is 12.8 Å². The van der Waals surface area contributed by atoms with Crippen LogP contribution in [0, 0.1) is 0 Å². The molecule has 0 aliphatic carbocycles. The Morgan fingerprint density at radius 1 is 0.941 bits per heavy atom. The van der Waals surface area contributed by atoms with Crippen molar-refractivity contribution in [3.63, 3.8) is 0 Å². The molecule has 2 rings (SSSR count). The molecular formula is C15H28N2. The third-order valence-electron chi connectivity index (χ3n) is 2.76. The number of likely N-dealkylation sites (N-methyl/N-ethyl adjacent to an activating group) is 1. The predicted octanol–water partition coefficient (Wildman–Crippen LogP) is 3.35. The van der Waals surface area contributed by atoms with E-state index < -0.39 is 0 Å². The van der Waals surface area contributed by atoms with Crippen molar-refractivity contribution in [2.24, 2.45) is 0 Å². The van der Waals surface area contributed by atoms with Crippen LogP contribution in [0.5, 0.6) is 0 Å². The van der Waals surface area contributed by atoms with E-state index in [9.17, 15) is 0 Å². The Labute approximate surface area is 107 Å². The minimum absolute atomic E-state index is 0.892. The van der Waals surface area contributed by atoms with Crippen LogP contribution in [0.15, 0.2) is 18.2 Å². The van der Waals surface area contributed by atoms with E-state index in [0.717, 1.165) is 31.6 Å². The maximum atomic E-state index is 5.75. The van der Waals surface area contributed by atoms with E-state index in [2.05, 4.69) is 24.1 Å². The molecule has 2 N–H and O–H groups in total. The standard InChI is InChI=1S/C11H16N2.2C2H6/c1-13-6-4-9-2-3-11(12)8-10(9)5-7-13;2*1-2/h2-3,8H,4-7,12H2,1H3;2*1-2H3. The van der Waals surface area contributed by atoms with Gasteiger partial charge in [0.05, 0.1) is 0 Å². The highest BCUT2D eigenvalue weighted by atomic mass is 15.1. The lowest BCUT2D eigenvalue weighted by Crippen LogP contribution is -2.20. The second-order valence-electron chi connectivity index (χ2n) is 3.83. The molecular weight excluding hydrogens is 208 g/mol. The molecule has 0 atom stereocenters. The number of benzene rings is 1. The molecule has 0 aromatic heterocycles. The van der Waals surface area contributed by atoms with Gasteiger partial charge in [0.15, 0.2) is 0 Å². The topological polar surface area (TPSA) is 29.3 Å². The number of nitrogens with two attached hydrogens (primary N) is 1. The van der Waals surface area contributed by atoms with Crippen molar-refractivity contribution in [1.82, 2.24) is 4.90 Å². The minimum atomic E-state index is 0.892. The van der Waals surface area contributed by atoms with Gasteiger partial charge in [-0.15, -0.1) is 0 Å². The Hall–Kier alpha value is -1.02. The zero-order valence-corrected chi connectivity index (χ0v) is 12.1. The van der Waals surface area contributed by atoms with E-state index >= 15 is 0 Å². The van der Waals surface area contributed by atoms with E-state index in [0.29, 0.717) is 0 Å². The number of fused-ring (bicyclic) bond motifs is 1. The van der Waals surface area contributed by atoms with Crippen molar-refractivity contribution >= 4 is 5.69 Å². The third kappa shape index (κ3) is 5.22. The normalized spacial score (nSPS) is 14.4. The molecule has 2 heteroatoms. The summed E-state index contributed by atoms with van der Waals surface area (Å²) in [5.41, 5.74) is 9.55. The van der Waals surface area contributed by atoms with Crippen molar-refractivity contribution in [3.8, 4) is 0 Å². The lowest BCUT2D eigenvalue weighted by Gasteiger charge is -2.10. The SMILES string of the molecule is CC.CC.CN1CCc2ccc(N)cc2CC1. The number of nitrogen functional groups attached to an aromatic ring is 1. The highest BCUT2D eigenvalue weighted by Gasteiger charge is 2.10. The maximum absolute atomic E-state index is 5.75. The first-order chi connectivity index (χ1) is 8.25. The maximum Gasteiger partial charge on any atom is 0.0316 e. The minimum Gasteiger partial charge on any atom is -0.399 e. The molecule has 98 valence electrons. The van der Waals surface area contributed by atoms with Crippen LogP contribution in [-0.4, -0.2) is 25.0 Å². The molecule has 1 aromatic rings. The summed E-state index contributed by atoms with van der Waals surface area (Å²) in [6.07, 6.45) is 2.29. The van der Waals surface area contributed by atoms with E-state index in [1.54, 1.807) is 0 Å². The highest BCUT2D eigenvalue weighted by molar-refractivity contribution is 5.45. The van der Waals surface area contributed by atoms with Gasteiger partial charge in [0.25, 0.3) is 0 Å². The fourth-order valence-corrected chi connectivity index (χ4v) is 1.86. The van der Waals surface area contributed by atoms with Gasteiger partial charge in [-0.2, -0.15) is 0 Å². The van der Waals surface area contributed by atoms with Crippen LogP contribution >= 0.6 is 0 Å². The van der Waals surface area contributed by atoms with E-state index in [-0.39, 0.29) is 0 Å². The Morgan fingerprint density at radius 2 is 1.47 bits per heavy atom. The Kier molecular flexibility index (Phi) is 8.51. The van der Waals surface area contributed by atoms with Crippen molar-refractivity contribution in [3.05, 3.63) is 29.3 Å². The Balaban J connectivity index is 0.000000581. The number of hydrogen-bond acceptors (Lipinski definition) is 2. The van der Waals surface area contributed by atoms with Crippen molar-refractivity contribution < 1.29 is 0 Å². The average molecular weight is 236 g/mol. The number of hydrogen-bond donors (Lipinski definition) is 1. The zero-order chi connectivity index (χ0) is 13.3. The molecule has 17 heavy (non-hydrogen) atoms. The van der Waals surface area contributed by atoms with Crippen LogP contribution in [0.3, 0.4) is 0 Å². The molecule has 1 heterocycles.